The molecule has 20 heavy (non-hydrogen) atoms. The Kier molecular flexibility index (Phi) is 3.44. The fraction of sp³-hybridized carbons (Fsp3) is 0.250. The third-order valence-corrected chi connectivity index (χ3v) is 3.92. The minimum Gasteiger partial charge on any atom is -0.346 e. The third-order valence-electron chi connectivity index (χ3n) is 3.92. The van der Waals surface area contributed by atoms with Gasteiger partial charge in [-0.3, -0.25) is 5.32 Å². The number of hydrogen-bond acceptors (Lipinski definition) is 4. The Labute approximate surface area is 119 Å². The summed E-state index contributed by atoms with van der Waals surface area (Å²) >= 11 is 0. The molecule has 0 radical (unpaired) electrons. The van der Waals surface area contributed by atoms with Crippen molar-refractivity contribution in [2.24, 2.45) is 11.5 Å². The molecule has 2 unspecified atom stereocenters. The molecule has 2 atom stereocenters. The van der Waals surface area contributed by atoms with Crippen LogP contribution in [0.3, 0.4) is 0 Å². The van der Waals surface area contributed by atoms with Gasteiger partial charge in [-0.2, -0.15) is 0 Å². The molecular weight excluding hydrogens is 248 g/mol. The maximum atomic E-state index is 6.74. The van der Waals surface area contributed by atoms with E-state index in [9.17, 15) is 0 Å². The van der Waals surface area contributed by atoms with Crippen molar-refractivity contribution < 1.29 is 0 Å². The summed E-state index contributed by atoms with van der Waals surface area (Å²) in [5, 5.41) is 3.28. The Morgan fingerprint density at radius 1 is 1.00 bits per heavy atom. The summed E-state index contributed by atoms with van der Waals surface area (Å²) < 4.78 is 0. The van der Waals surface area contributed by atoms with Crippen molar-refractivity contribution in [2.75, 3.05) is 18.0 Å². The van der Waals surface area contributed by atoms with Gasteiger partial charge in [-0.25, -0.2) is 0 Å². The molecule has 2 aromatic carbocycles. The number of nitrogens with two attached hydrogens (primary N) is 2. The van der Waals surface area contributed by atoms with Gasteiger partial charge in [0.05, 0.1) is 6.17 Å². The number of nitrogens with zero attached hydrogens (tertiary/aromatic N) is 1. The fourth-order valence-electron chi connectivity index (χ4n) is 2.83. The average Bonchev–Trinajstić information content (AvgIpc) is 2.52. The molecule has 0 spiro atoms. The van der Waals surface area contributed by atoms with E-state index in [4.69, 9.17) is 11.5 Å². The van der Waals surface area contributed by atoms with Gasteiger partial charge in [0.25, 0.3) is 0 Å². The van der Waals surface area contributed by atoms with Crippen LogP contribution in [-0.2, 0) is 5.66 Å². The Morgan fingerprint density at radius 3 is 2.25 bits per heavy atom. The number of para-hydroxylation sites is 1. The van der Waals surface area contributed by atoms with E-state index >= 15 is 0 Å². The van der Waals surface area contributed by atoms with Gasteiger partial charge in [-0.05, 0) is 17.7 Å². The summed E-state index contributed by atoms with van der Waals surface area (Å²) in [5.74, 6) is 0. The van der Waals surface area contributed by atoms with E-state index < -0.39 is 5.66 Å². The molecule has 0 amide bonds. The Balaban J connectivity index is 2.07. The molecule has 0 aliphatic carbocycles. The first-order valence-corrected chi connectivity index (χ1v) is 6.89. The van der Waals surface area contributed by atoms with E-state index in [1.54, 1.807) is 0 Å². The standard InChI is InChI=1S/C16H20N4/c17-15-16(18,13-7-3-1-4-8-13)20(12-11-19-15)14-9-5-2-6-10-14/h1-10,15,19H,11-12,17-18H2. The predicted octanol–water partition coefficient (Wildman–Crippen LogP) is 1.19. The fourth-order valence-corrected chi connectivity index (χ4v) is 2.83. The SMILES string of the molecule is NC1NCCN(c2ccccc2)C1(N)c1ccccc1. The van der Waals surface area contributed by atoms with Crippen LogP contribution >= 0.6 is 0 Å². The molecule has 1 fully saturated rings. The Morgan fingerprint density at radius 2 is 1.60 bits per heavy atom. The van der Waals surface area contributed by atoms with Gasteiger partial charge in [0.15, 0.2) is 0 Å². The Bertz CT molecular complexity index is 557. The highest BCUT2D eigenvalue weighted by Gasteiger charge is 2.43. The molecule has 2 aromatic rings. The molecule has 1 aliphatic rings. The molecule has 1 heterocycles. The lowest BCUT2D eigenvalue weighted by Gasteiger charge is -2.50. The predicted molar refractivity (Wildman–Crippen MR) is 82.1 cm³/mol. The zero-order chi connectivity index (χ0) is 14.0. The molecule has 0 aromatic heterocycles. The van der Waals surface area contributed by atoms with Crippen LogP contribution in [0.4, 0.5) is 5.69 Å². The molecule has 4 heteroatoms. The second-order valence-corrected chi connectivity index (χ2v) is 5.11. The van der Waals surface area contributed by atoms with Gasteiger partial charge in [-0.15, -0.1) is 0 Å². The largest absolute Gasteiger partial charge is 0.346 e. The lowest BCUT2D eigenvalue weighted by molar-refractivity contribution is 0.253. The van der Waals surface area contributed by atoms with E-state index in [1.807, 2.05) is 48.5 Å². The number of rotatable bonds is 2. The highest BCUT2D eigenvalue weighted by molar-refractivity contribution is 5.52. The van der Waals surface area contributed by atoms with Crippen molar-refractivity contribution in [3.63, 3.8) is 0 Å². The first-order valence-electron chi connectivity index (χ1n) is 6.89. The van der Waals surface area contributed by atoms with Crippen LogP contribution in [0.25, 0.3) is 0 Å². The molecule has 5 N–H and O–H groups in total. The van der Waals surface area contributed by atoms with Gasteiger partial charge in [0.2, 0.25) is 0 Å². The molecule has 104 valence electrons. The maximum absolute atomic E-state index is 6.74. The first-order chi connectivity index (χ1) is 9.73. The van der Waals surface area contributed by atoms with Crippen molar-refractivity contribution in [3.05, 3.63) is 66.2 Å². The summed E-state index contributed by atoms with van der Waals surface area (Å²) in [5.41, 5.74) is 14.4. The maximum Gasteiger partial charge on any atom is 0.144 e. The zero-order valence-electron chi connectivity index (χ0n) is 11.4. The van der Waals surface area contributed by atoms with E-state index in [0.717, 1.165) is 24.3 Å². The number of piperazine rings is 1. The lowest BCUT2D eigenvalue weighted by atomic mass is 9.92. The summed E-state index contributed by atoms with van der Waals surface area (Å²) in [6, 6.07) is 20.2. The van der Waals surface area contributed by atoms with Crippen LogP contribution in [-0.4, -0.2) is 19.3 Å². The average molecular weight is 268 g/mol. The van der Waals surface area contributed by atoms with Gasteiger partial charge < -0.3 is 16.4 Å². The summed E-state index contributed by atoms with van der Waals surface area (Å²) in [7, 11) is 0. The van der Waals surface area contributed by atoms with Gasteiger partial charge in [-0.1, -0.05) is 48.5 Å². The highest BCUT2D eigenvalue weighted by atomic mass is 15.4. The molecule has 3 rings (SSSR count). The number of hydrogen-bond donors (Lipinski definition) is 3. The van der Waals surface area contributed by atoms with Crippen LogP contribution < -0.4 is 21.7 Å². The second kappa shape index (κ2) is 5.25. The van der Waals surface area contributed by atoms with Crippen LogP contribution in [0.5, 0.6) is 0 Å². The van der Waals surface area contributed by atoms with Crippen molar-refractivity contribution in [2.45, 2.75) is 11.8 Å². The normalized spacial score (nSPS) is 26.5. The second-order valence-electron chi connectivity index (χ2n) is 5.11. The smallest absolute Gasteiger partial charge is 0.144 e. The van der Waals surface area contributed by atoms with Crippen molar-refractivity contribution in [1.29, 1.82) is 0 Å². The van der Waals surface area contributed by atoms with Crippen LogP contribution in [0.15, 0.2) is 60.7 Å². The Hall–Kier alpha value is -1.88. The number of benzene rings is 2. The van der Waals surface area contributed by atoms with Crippen molar-refractivity contribution in [1.82, 2.24) is 5.32 Å². The zero-order valence-corrected chi connectivity index (χ0v) is 11.4. The number of anilines is 1. The summed E-state index contributed by atoms with van der Waals surface area (Å²) in [6.07, 6.45) is -0.321. The first kappa shape index (κ1) is 13.1. The molecule has 1 aliphatic heterocycles. The minimum atomic E-state index is -0.749. The van der Waals surface area contributed by atoms with Crippen molar-refractivity contribution >= 4 is 5.69 Å². The molecule has 0 saturated carbocycles. The quantitative estimate of drug-likeness (QED) is 0.765. The van der Waals surface area contributed by atoms with E-state index in [1.165, 1.54) is 0 Å². The van der Waals surface area contributed by atoms with Crippen molar-refractivity contribution in [3.8, 4) is 0 Å². The summed E-state index contributed by atoms with van der Waals surface area (Å²) in [4.78, 5) is 2.18. The lowest BCUT2D eigenvalue weighted by Crippen LogP contribution is -2.73. The van der Waals surface area contributed by atoms with E-state index in [2.05, 4.69) is 22.3 Å². The summed E-state index contributed by atoms with van der Waals surface area (Å²) in [6.45, 7) is 1.64. The van der Waals surface area contributed by atoms with E-state index in [-0.39, 0.29) is 6.17 Å². The molecular formula is C16H20N4. The molecule has 1 saturated heterocycles. The molecule has 0 bridgehead atoms. The topological polar surface area (TPSA) is 67.3 Å². The van der Waals surface area contributed by atoms with Crippen LogP contribution in [0.1, 0.15) is 5.56 Å². The third kappa shape index (κ3) is 2.08. The van der Waals surface area contributed by atoms with E-state index in [0.29, 0.717) is 0 Å². The van der Waals surface area contributed by atoms with Gasteiger partial charge >= 0.3 is 0 Å². The highest BCUT2D eigenvalue weighted by Crippen LogP contribution is 2.31. The monoisotopic (exact) mass is 268 g/mol. The molecule has 4 nitrogen and oxygen atoms in total. The van der Waals surface area contributed by atoms with Gasteiger partial charge in [0, 0.05) is 18.8 Å². The van der Waals surface area contributed by atoms with Gasteiger partial charge in [0.1, 0.15) is 5.66 Å². The van der Waals surface area contributed by atoms with Crippen LogP contribution in [0.2, 0.25) is 0 Å². The number of nitrogens with one attached hydrogen (secondary N) is 1. The minimum absolute atomic E-state index is 0.321. The van der Waals surface area contributed by atoms with Crippen LogP contribution in [0, 0.1) is 0 Å².